The first kappa shape index (κ1) is 19.0. The SMILES string of the molecule is CN=C(NCc1cccc(C(F)(F)F)c1)N1CCOC(C2CCCO2)C1. The fourth-order valence-corrected chi connectivity index (χ4v) is 3.36. The van der Waals surface area contributed by atoms with E-state index in [0.717, 1.165) is 31.6 Å². The van der Waals surface area contributed by atoms with E-state index in [1.54, 1.807) is 13.1 Å². The quantitative estimate of drug-likeness (QED) is 0.656. The first-order valence-electron chi connectivity index (χ1n) is 8.82. The predicted molar refractivity (Wildman–Crippen MR) is 91.9 cm³/mol. The normalized spacial score (nSPS) is 24.8. The molecule has 2 unspecified atom stereocenters. The zero-order valence-electron chi connectivity index (χ0n) is 14.8. The highest BCUT2D eigenvalue weighted by molar-refractivity contribution is 5.80. The molecular formula is C18H24F3N3O2. The highest BCUT2D eigenvalue weighted by atomic mass is 19.4. The number of hydrogen-bond acceptors (Lipinski definition) is 3. The van der Waals surface area contributed by atoms with Crippen LogP contribution in [0.15, 0.2) is 29.3 Å². The smallest absolute Gasteiger partial charge is 0.375 e. The van der Waals surface area contributed by atoms with Crippen molar-refractivity contribution in [3.05, 3.63) is 35.4 Å². The summed E-state index contributed by atoms with van der Waals surface area (Å²) < 4.78 is 50.0. The number of ether oxygens (including phenoxy) is 2. The van der Waals surface area contributed by atoms with E-state index in [0.29, 0.717) is 31.2 Å². The summed E-state index contributed by atoms with van der Waals surface area (Å²) >= 11 is 0. The second-order valence-electron chi connectivity index (χ2n) is 6.51. The molecule has 0 radical (unpaired) electrons. The molecule has 0 aliphatic carbocycles. The van der Waals surface area contributed by atoms with E-state index in [9.17, 15) is 13.2 Å². The van der Waals surface area contributed by atoms with Gasteiger partial charge in [0.15, 0.2) is 5.96 Å². The van der Waals surface area contributed by atoms with Crippen LogP contribution in [0.4, 0.5) is 13.2 Å². The maximum Gasteiger partial charge on any atom is 0.416 e. The predicted octanol–water partition coefficient (Wildman–Crippen LogP) is 2.66. The molecule has 26 heavy (non-hydrogen) atoms. The molecule has 144 valence electrons. The molecule has 2 fully saturated rings. The zero-order chi connectivity index (χ0) is 18.6. The Bertz CT molecular complexity index is 630. The molecule has 2 heterocycles. The van der Waals surface area contributed by atoms with Crippen molar-refractivity contribution < 1.29 is 22.6 Å². The molecule has 0 saturated carbocycles. The van der Waals surface area contributed by atoms with E-state index >= 15 is 0 Å². The van der Waals surface area contributed by atoms with Gasteiger partial charge >= 0.3 is 6.18 Å². The molecule has 2 aliphatic rings. The van der Waals surface area contributed by atoms with E-state index in [2.05, 4.69) is 15.2 Å². The first-order valence-corrected chi connectivity index (χ1v) is 8.82. The Kier molecular flexibility index (Phi) is 6.03. The molecule has 2 saturated heterocycles. The van der Waals surface area contributed by atoms with Crippen molar-refractivity contribution in [1.82, 2.24) is 10.2 Å². The van der Waals surface area contributed by atoms with Crippen molar-refractivity contribution >= 4 is 5.96 Å². The number of nitrogens with zero attached hydrogens (tertiary/aromatic N) is 2. The molecule has 2 atom stereocenters. The summed E-state index contributed by atoms with van der Waals surface area (Å²) in [7, 11) is 1.67. The fraction of sp³-hybridized carbons (Fsp3) is 0.611. The number of morpholine rings is 1. The van der Waals surface area contributed by atoms with Gasteiger partial charge in [-0.2, -0.15) is 13.2 Å². The van der Waals surface area contributed by atoms with Gasteiger partial charge in [0.2, 0.25) is 0 Å². The number of nitrogens with one attached hydrogen (secondary N) is 1. The van der Waals surface area contributed by atoms with Crippen molar-refractivity contribution in [3.8, 4) is 0 Å². The number of alkyl halides is 3. The standard InChI is InChI=1S/C18H24F3N3O2/c1-22-17(23-11-13-4-2-5-14(10-13)18(19,20)21)24-7-9-26-16(12-24)15-6-3-8-25-15/h2,4-5,10,15-16H,3,6-9,11-12H2,1H3,(H,22,23). The average molecular weight is 371 g/mol. The molecule has 0 spiro atoms. The van der Waals surface area contributed by atoms with E-state index in [1.165, 1.54) is 6.07 Å². The third-order valence-electron chi connectivity index (χ3n) is 4.69. The number of benzene rings is 1. The van der Waals surface area contributed by atoms with Crippen LogP contribution < -0.4 is 5.32 Å². The highest BCUT2D eigenvalue weighted by Gasteiger charge is 2.32. The number of guanidine groups is 1. The molecule has 0 aromatic heterocycles. The van der Waals surface area contributed by atoms with Gasteiger partial charge in [0.05, 0.1) is 18.3 Å². The van der Waals surface area contributed by atoms with Gasteiger partial charge in [-0.3, -0.25) is 4.99 Å². The van der Waals surface area contributed by atoms with Gasteiger partial charge in [-0.25, -0.2) is 0 Å². The lowest BCUT2D eigenvalue weighted by molar-refractivity contribution is -0.137. The second kappa shape index (κ2) is 8.26. The molecule has 0 bridgehead atoms. The van der Waals surface area contributed by atoms with Gasteiger partial charge in [0, 0.05) is 33.3 Å². The topological polar surface area (TPSA) is 46.1 Å². The lowest BCUT2D eigenvalue weighted by atomic mass is 10.1. The summed E-state index contributed by atoms with van der Waals surface area (Å²) in [4.78, 5) is 6.34. The Hall–Kier alpha value is -1.80. The van der Waals surface area contributed by atoms with Crippen molar-refractivity contribution in [1.29, 1.82) is 0 Å². The van der Waals surface area contributed by atoms with Crippen LogP contribution in [0.5, 0.6) is 0 Å². The molecule has 0 amide bonds. The van der Waals surface area contributed by atoms with E-state index in [-0.39, 0.29) is 18.8 Å². The highest BCUT2D eigenvalue weighted by Crippen LogP contribution is 2.29. The molecule has 8 heteroatoms. The molecular weight excluding hydrogens is 347 g/mol. The van der Waals surface area contributed by atoms with Gasteiger partial charge in [-0.1, -0.05) is 12.1 Å². The summed E-state index contributed by atoms with van der Waals surface area (Å²) in [6.45, 7) is 2.97. The van der Waals surface area contributed by atoms with Gasteiger partial charge in [0.25, 0.3) is 0 Å². The summed E-state index contributed by atoms with van der Waals surface area (Å²) in [6.07, 6.45) is -2.18. The van der Waals surface area contributed by atoms with E-state index < -0.39 is 11.7 Å². The van der Waals surface area contributed by atoms with Gasteiger partial charge in [0.1, 0.15) is 6.10 Å². The van der Waals surface area contributed by atoms with Crippen LogP contribution in [0.25, 0.3) is 0 Å². The van der Waals surface area contributed by atoms with Gasteiger partial charge in [-0.05, 0) is 30.5 Å². The maximum atomic E-state index is 12.8. The Morgan fingerprint density at radius 2 is 2.08 bits per heavy atom. The minimum absolute atomic E-state index is 0.00152. The van der Waals surface area contributed by atoms with Crippen LogP contribution in [0.1, 0.15) is 24.0 Å². The Balaban J connectivity index is 1.59. The van der Waals surface area contributed by atoms with Crippen molar-refractivity contribution in [2.24, 2.45) is 4.99 Å². The summed E-state index contributed by atoms with van der Waals surface area (Å²) in [5.41, 5.74) is -0.0819. The van der Waals surface area contributed by atoms with Crippen molar-refractivity contribution in [2.45, 2.75) is 37.8 Å². The molecule has 2 aliphatic heterocycles. The van der Waals surface area contributed by atoms with Crippen LogP contribution in [-0.4, -0.2) is 56.4 Å². The number of rotatable bonds is 3. The van der Waals surface area contributed by atoms with Gasteiger partial charge in [-0.15, -0.1) is 0 Å². The monoisotopic (exact) mass is 371 g/mol. The first-order chi connectivity index (χ1) is 12.5. The fourth-order valence-electron chi connectivity index (χ4n) is 3.36. The van der Waals surface area contributed by atoms with Crippen LogP contribution in [0, 0.1) is 0 Å². The number of hydrogen-bond donors (Lipinski definition) is 1. The lowest BCUT2D eigenvalue weighted by Crippen LogP contribution is -2.53. The van der Waals surface area contributed by atoms with Crippen LogP contribution >= 0.6 is 0 Å². The Morgan fingerprint density at radius 1 is 1.27 bits per heavy atom. The summed E-state index contributed by atoms with van der Waals surface area (Å²) in [5, 5.41) is 3.16. The molecule has 3 rings (SSSR count). The maximum absolute atomic E-state index is 12.8. The molecule has 5 nitrogen and oxygen atoms in total. The molecule has 1 aromatic rings. The zero-order valence-corrected chi connectivity index (χ0v) is 14.8. The Labute approximate surface area is 151 Å². The van der Waals surface area contributed by atoms with Crippen molar-refractivity contribution in [2.75, 3.05) is 33.4 Å². The third kappa shape index (κ3) is 4.67. The second-order valence-corrected chi connectivity index (χ2v) is 6.51. The summed E-state index contributed by atoms with van der Waals surface area (Å²) in [5.74, 6) is 0.661. The van der Waals surface area contributed by atoms with E-state index in [1.807, 2.05) is 0 Å². The minimum atomic E-state index is -4.34. The van der Waals surface area contributed by atoms with Gasteiger partial charge < -0.3 is 19.7 Å². The van der Waals surface area contributed by atoms with Crippen molar-refractivity contribution in [3.63, 3.8) is 0 Å². The largest absolute Gasteiger partial charge is 0.416 e. The molecule has 1 aromatic carbocycles. The summed E-state index contributed by atoms with van der Waals surface area (Å²) in [6, 6.07) is 5.33. The number of halogens is 3. The average Bonchev–Trinajstić information content (AvgIpc) is 3.17. The minimum Gasteiger partial charge on any atom is -0.375 e. The van der Waals surface area contributed by atoms with Crippen LogP contribution in [0.2, 0.25) is 0 Å². The number of aliphatic imine (C=N–C) groups is 1. The van der Waals surface area contributed by atoms with E-state index in [4.69, 9.17) is 9.47 Å². The van der Waals surface area contributed by atoms with Crippen LogP contribution in [0.3, 0.4) is 0 Å². The van der Waals surface area contributed by atoms with Crippen LogP contribution in [-0.2, 0) is 22.2 Å². The lowest BCUT2D eigenvalue weighted by Gasteiger charge is -2.37. The molecule has 1 N–H and O–H groups in total. The Morgan fingerprint density at radius 3 is 2.77 bits per heavy atom. The third-order valence-corrected chi connectivity index (χ3v) is 4.69.